The summed E-state index contributed by atoms with van der Waals surface area (Å²) in [5.41, 5.74) is 0. The minimum absolute atomic E-state index is 0.356. The first-order chi connectivity index (χ1) is 7.84. The van der Waals surface area contributed by atoms with Crippen LogP contribution in [0.1, 0.15) is 32.1 Å². The highest BCUT2D eigenvalue weighted by molar-refractivity contribution is 8.03. The van der Waals surface area contributed by atoms with Gasteiger partial charge in [-0.05, 0) is 24.7 Å². The molecule has 3 rings (SSSR count). The Balaban J connectivity index is 1.62. The third kappa shape index (κ3) is 1.90. The standard InChI is InChI=1S/C13H19NOS/c15-13(10-3-1-2-4-10)14-7-5-12-11(9-14)6-8-16-12/h6,8,10-12H,1-5,7,9H2. The van der Waals surface area contributed by atoms with Crippen molar-refractivity contribution in [3.63, 3.8) is 0 Å². The van der Waals surface area contributed by atoms with Gasteiger partial charge in [0.1, 0.15) is 0 Å². The predicted molar refractivity (Wildman–Crippen MR) is 67.2 cm³/mol. The minimum Gasteiger partial charge on any atom is -0.342 e. The summed E-state index contributed by atoms with van der Waals surface area (Å²) in [6, 6.07) is 0. The molecule has 0 N–H and O–H groups in total. The van der Waals surface area contributed by atoms with Gasteiger partial charge in [0.05, 0.1) is 0 Å². The number of hydrogen-bond acceptors (Lipinski definition) is 2. The van der Waals surface area contributed by atoms with E-state index in [0.29, 0.717) is 17.7 Å². The molecule has 2 heterocycles. The summed E-state index contributed by atoms with van der Waals surface area (Å²) in [4.78, 5) is 14.4. The van der Waals surface area contributed by atoms with Crippen LogP contribution in [0.5, 0.6) is 0 Å². The number of rotatable bonds is 1. The molecule has 0 aromatic carbocycles. The third-order valence-electron chi connectivity index (χ3n) is 4.19. The Morgan fingerprint density at radius 2 is 2.06 bits per heavy atom. The monoisotopic (exact) mass is 237 g/mol. The number of carbonyl (C=O) groups is 1. The van der Waals surface area contributed by atoms with Crippen LogP contribution in [0.3, 0.4) is 0 Å². The number of hydrogen-bond donors (Lipinski definition) is 0. The first kappa shape index (κ1) is 10.7. The maximum absolute atomic E-state index is 12.3. The van der Waals surface area contributed by atoms with Gasteiger partial charge in [-0.25, -0.2) is 0 Å². The summed E-state index contributed by atoms with van der Waals surface area (Å²) in [5, 5.41) is 2.98. The number of amides is 1. The van der Waals surface area contributed by atoms with E-state index in [1.807, 2.05) is 11.8 Å². The van der Waals surface area contributed by atoms with E-state index in [4.69, 9.17) is 0 Å². The van der Waals surface area contributed by atoms with Gasteiger partial charge in [0, 0.05) is 30.2 Å². The molecule has 0 aromatic rings. The molecule has 1 amide bonds. The highest BCUT2D eigenvalue weighted by atomic mass is 32.2. The highest BCUT2D eigenvalue weighted by Crippen LogP contribution is 2.37. The summed E-state index contributed by atoms with van der Waals surface area (Å²) in [5.74, 6) is 1.43. The molecule has 1 aliphatic carbocycles. The van der Waals surface area contributed by atoms with Crippen LogP contribution in [0.2, 0.25) is 0 Å². The van der Waals surface area contributed by atoms with Crippen molar-refractivity contribution >= 4 is 17.7 Å². The summed E-state index contributed by atoms with van der Waals surface area (Å²) in [7, 11) is 0. The van der Waals surface area contributed by atoms with Crippen LogP contribution in [0, 0.1) is 11.8 Å². The van der Waals surface area contributed by atoms with Crippen molar-refractivity contribution in [2.24, 2.45) is 11.8 Å². The van der Waals surface area contributed by atoms with Crippen LogP contribution in [0.15, 0.2) is 11.5 Å². The van der Waals surface area contributed by atoms with Crippen molar-refractivity contribution in [2.75, 3.05) is 13.1 Å². The fourth-order valence-electron chi connectivity index (χ4n) is 3.19. The van der Waals surface area contributed by atoms with Gasteiger partial charge in [-0.3, -0.25) is 4.79 Å². The number of fused-ring (bicyclic) bond motifs is 1. The van der Waals surface area contributed by atoms with E-state index in [-0.39, 0.29) is 0 Å². The van der Waals surface area contributed by atoms with Crippen LogP contribution in [0.25, 0.3) is 0 Å². The smallest absolute Gasteiger partial charge is 0.225 e. The Bertz CT molecular complexity index is 309. The van der Waals surface area contributed by atoms with E-state index in [9.17, 15) is 4.79 Å². The van der Waals surface area contributed by atoms with Gasteiger partial charge < -0.3 is 4.90 Å². The van der Waals surface area contributed by atoms with Crippen molar-refractivity contribution in [3.05, 3.63) is 11.5 Å². The molecule has 2 unspecified atom stereocenters. The Kier molecular flexibility index (Phi) is 2.97. The number of likely N-dealkylation sites (tertiary alicyclic amines) is 1. The van der Waals surface area contributed by atoms with Crippen molar-refractivity contribution in [1.29, 1.82) is 0 Å². The molecule has 2 aliphatic heterocycles. The lowest BCUT2D eigenvalue weighted by atomic mass is 9.96. The van der Waals surface area contributed by atoms with Crippen LogP contribution in [-0.2, 0) is 4.79 Å². The van der Waals surface area contributed by atoms with E-state index in [2.05, 4.69) is 16.4 Å². The lowest BCUT2D eigenvalue weighted by Crippen LogP contribution is -2.45. The molecule has 1 saturated carbocycles. The third-order valence-corrected chi connectivity index (χ3v) is 5.44. The maximum atomic E-state index is 12.3. The number of thioether (sulfide) groups is 1. The van der Waals surface area contributed by atoms with Gasteiger partial charge in [-0.1, -0.05) is 18.9 Å². The molecule has 0 spiro atoms. The summed E-state index contributed by atoms with van der Waals surface area (Å²) < 4.78 is 0. The van der Waals surface area contributed by atoms with Gasteiger partial charge in [0.15, 0.2) is 0 Å². The molecule has 0 aromatic heterocycles. The van der Waals surface area contributed by atoms with Gasteiger partial charge in [0.2, 0.25) is 5.91 Å². The van der Waals surface area contributed by atoms with Crippen LogP contribution in [-0.4, -0.2) is 29.1 Å². The van der Waals surface area contributed by atoms with E-state index >= 15 is 0 Å². The SMILES string of the molecule is O=C(C1CCCC1)N1CCC2SC=CC2C1. The molecule has 2 nitrogen and oxygen atoms in total. The largest absolute Gasteiger partial charge is 0.342 e. The van der Waals surface area contributed by atoms with Crippen molar-refractivity contribution in [1.82, 2.24) is 4.90 Å². The molecular weight excluding hydrogens is 218 g/mol. The minimum atomic E-state index is 0.356. The fourth-order valence-corrected chi connectivity index (χ4v) is 4.31. The lowest BCUT2D eigenvalue weighted by molar-refractivity contribution is -0.136. The maximum Gasteiger partial charge on any atom is 0.225 e. The van der Waals surface area contributed by atoms with E-state index in [0.717, 1.165) is 31.2 Å². The molecule has 0 bridgehead atoms. The first-order valence-electron chi connectivity index (χ1n) is 6.45. The first-order valence-corrected chi connectivity index (χ1v) is 7.40. The molecule has 3 aliphatic rings. The van der Waals surface area contributed by atoms with E-state index in [1.165, 1.54) is 19.3 Å². The fraction of sp³-hybridized carbons (Fsp3) is 0.769. The molecule has 16 heavy (non-hydrogen) atoms. The van der Waals surface area contributed by atoms with Gasteiger partial charge in [0.25, 0.3) is 0 Å². The lowest BCUT2D eigenvalue weighted by Gasteiger charge is -2.35. The van der Waals surface area contributed by atoms with Gasteiger partial charge in [-0.2, -0.15) is 0 Å². The molecule has 2 atom stereocenters. The molecule has 88 valence electrons. The van der Waals surface area contributed by atoms with E-state index in [1.54, 1.807) is 0 Å². The number of nitrogens with zero attached hydrogens (tertiary/aromatic N) is 1. The van der Waals surface area contributed by atoms with Crippen molar-refractivity contribution in [2.45, 2.75) is 37.4 Å². The average Bonchev–Trinajstić information content (AvgIpc) is 2.98. The highest BCUT2D eigenvalue weighted by Gasteiger charge is 2.35. The average molecular weight is 237 g/mol. The van der Waals surface area contributed by atoms with Crippen LogP contribution < -0.4 is 0 Å². The Labute approximate surface area is 101 Å². The second-order valence-electron chi connectivity index (χ2n) is 5.22. The zero-order valence-electron chi connectivity index (χ0n) is 9.60. The normalized spacial score (nSPS) is 34.4. The summed E-state index contributed by atoms with van der Waals surface area (Å²) in [6.45, 7) is 1.97. The molecule has 2 fully saturated rings. The Morgan fingerprint density at radius 3 is 2.88 bits per heavy atom. The second-order valence-corrected chi connectivity index (χ2v) is 6.37. The Morgan fingerprint density at radius 1 is 1.25 bits per heavy atom. The molecule has 1 saturated heterocycles. The van der Waals surface area contributed by atoms with Gasteiger partial charge >= 0.3 is 0 Å². The van der Waals surface area contributed by atoms with Crippen molar-refractivity contribution < 1.29 is 4.79 Å². The quantitative estimate of drug-likeness (QED) is 0.699. The Hall–Kier alpha value is -0.440. The number of piperidine rings is 1. The molecule has 0 radical (unpaired) electrons. The van der Waals surface area contributed by atoms with Crippen molar-refractivity contribution in [3.8, 4) is 0 Å². The molecular formula is C13H19NOS. The summed E-state index contributed by atoms with van der Waals surface area (Å²) >= 11 is 1.95. The summed E-state index contributed by atoms with van der Waals surface area (Å²) in [6.07, 6.45) is 8.25. The zero-order valence-corrected chi connectivity index (χ0v) is 10.4. The number of carbonyl (C=O) groups excluding carboxylic acids is 1. The predicted octanol–water partition coefficient (Wildman–Crippen LogP) is 2.65. The topological polar surface area (TPSA) is 20.3 Å². The second kappa shape index (κ2) is 4.44. The van der Waals surface area contributed by atoms with E-state index < -0.39 is 0 Å². The zero-order chi connectivity index (χ0) is 11.0. The molecule has 3 heteroatoms. The van der Waals surface area contributed by atoms with Crippen LogP contribution in [0.4, 0.5) is 0 Å². The van der Waals surface area contributed by atoms with Gasteiger partial charge in [-0.15, -0.1) is 11.8 Å². The van der Waals surface area contributed by atoms with Crippen LogP contribution >= 0.6 is 11.8 Å².